The van der Waals surface area contributed by atoms with Crippen molar-refractivity contribution in [2.75, 3.05) is 13.1 Å². The monoisotopic (exact) mass is 322 g/mol. The summed E-state index contributed by atoms with van der Waals surface area (Å²) in [4.78, 5) is 15.8. The molecule has 2 atom stereocenters. The third kappa shape index (κ3) is 3.24. The van der Waals surface area contributed by atoms with Crippen LogP contribution in [0.4, 0.5) is 8.78 Å². The molecule has 2 unspecified atom stereocenters. The summed E-state index contributed by atoms with van der Waals surface area (Å²) in [6.45, 7) is 2.69. The van der Waals surface area contributed by atoms with Crippen molar-refractivity contribution >= 4 is 5.78 Å². The predicted octanol–water partition coefficient (Wildman–Crippen LogP) is 2.89. The molecule has 0 saturated carbocycles. The molecule has 0 aliphatic carbocycles. The fraction of sp³-hybridized carbons (Fsp3) is 0.375. The smallest absolute Gasteiger partial charge is 0.235 e. The fourth-order valence-electron chi connectivity index (χ4n) is 2.73. The summed E-state index contributed by atoms with van der Waals surface area (Å²) in [5.74, 6) is -2.18. The van der Waals surface area contributed by atoms with E-state index in [9.17, 15) is 13.6 Å². The molecule has 0 spiro atoms. The predicted molar refractivity (Wildman–Crippen MR) is 77.2 cm³/mol. The molecule has 2 heterocycles. The topological polar surface area (TPSA) is 64.4 Å². The maximum atomic E-state index is 14.2. The summed E-state index contributed by atoms with van der Waals surface area (Å²) in [5, 5.41) is 3.19. The average Bonchev–Trinajstić information content (AvgIpc) is 3.19. The zero-order chi connectivity index (χ0) is 16.4. The van der Waals surface area contributed by atoms with E-state index in [4.69, 9.17) is 9.15 Å². The number of Topliss-reactive ketones (excluding diaryl/α,β-unsaturated/α-hetero) is 1. The first-order chi connectivity index (χ1) is 11.1. The number of carbonyl (C=O) groups excluding carboxylic acids is 1. The van der Waals surface area contributed by atoms with Crippen molar-refractivity contribution in [1.82, 2.24) is 10.3 Å². The lowest BCUT2D eigenvalue weighted by Gasteiger charge is -2.23. The van der Waals surface area contributed by atoms with Crippen LogP contribution < -0.4 is 10.1 Å². The lowest BCUT2D eigenvalue weighted by molar-refractivity contribution is 0.0956. The summed E-state index contributed by atoms with van der Waals surface area (Å²) >= 11 is 0. The number of oxazole rings is 1. The quantitative estimate of drug-likeness (QED) is 0.858. The Hall–Kier alpha value is -2.28. The Morgan fingerprint density at radius 3 is 2.91 bits per heavy atom. The highest BCUT2D eigenvalue weighted by molar-refractivity contribution is 5.96. The van der Waals surface area contributed by atoms with E-state index in [2.05, 4.69) is 10.3 Å². The molecule has 23 heavy (non-hydrogen) atoms. The SMILES string of the molecule is CC(=O)c1cc(F)cc(F)c1OC(c1ncco1)C1CCNC1. The lowest BCUT2D eigenvalue weighted by atomic mass is 10.0. The zero-order valence-electron chi connectivity index (χ0n) is 12.5. The van der Waals surface area contributed by atoms with Crippen LogP contribution in [0.25, 0.3) is 0 Å². The average molecular weight is 322 g/mol. The first kappa shape index (κ1) is 15.6. The number of rotatable bonds is 5. The Morgan fingerprint density at radius 2 is 2.30 bits per heavy atom. The molecule has 2 aromatic rings. The standard InChI is InChI=1S/C16H16F2N2O3/c1-9(21)12-6-11(17)7-13(18)15(12)23-14(10-2-3-19-8-10)16-20-4-5-22-16/h4-7,10,14,19H,2-3,8H2,1H3. The Kier molecular flexibility index (Phi) is 4.38. The fourth-order valence-corrected chi connectivity index (χ4v) is 2.73. The first-order valence-corrected chi connectivity index (χ1v) is 7.33. The highest BCUT2D eigenvalue weighted by Crippen LogP contribution is 2.35. The van der Waals surface area contributed by atoms with Gasteiger partial charge < -0.3 is 14.5 Å². The van der Waals surface area contributed by atoms with Crippen molar-refractivity contribution in [2.24, 2.45) is 5.92 Å². The number of benzene rings is 1. The second-order valence-electron chi connectivity index (χ2n) is 5.48. The Bertz CT molecular complexity index is 698. The van der Waals surface area contributed by atoms with Crippen molar-refractivity contribution < 1.29 is 22.7 Å². The van der Waals surface area contributed by atoms with E-state index in [1.54, 1.807) is 0 Å². The summed E-state index contributed by atoms with van der Waals surface area (Å²) < 4.78 is 38.6. The highest BCUT2D eigenvalue weighted by Gasteiger charge is 2.33. The molecule has 1 saturated heterocycles. The van der Waals surface area contributed by atoms with E-state index in [1.807, 2.05) is 0 Å². The molecule has 122 valence electrons. The minimum absolute atomic E-state index is 0.0120. The Labute approximate surface area is 131 Å². The van der Waals surface area contributed by atoms with Gasteiger partial charge in [0, 0.05) is 18.5 Å². The van der Waals surface area contributed by atoms with Gasteiger partial charge in [0.15, 0.2) is 23.5 Å². The van der Waals surface area contributed by atoms with Gasteiger partial charge in [-0.15, -0.1) is 0 Å². The van der Waals surface area contributed by atoms with Gasteiger partial charge in [-0.3, -0.25) is 4.79 Å². The zero-order valence-corrected chi connectivity index (χ0v) is 12.5. The van der Waals surface area contributed by atoms with Gasteiger partial charge >= 0.3 is 0 Å². The molecule has 5 nitrogen and oxygen atoms in total. The maximum absolute atomic E-state index is 14.2. The second-order valence-corrected chi connectivity index (χ2v) is 5.48. The molecule has 7 heteroatoms. The molecule has 1 aromatic carbocycles. The number of nitrogens with zero attached hydrogens (tertiary/aromatic N) is 1. The van der Waals surface area contributed by atoms with Gasteiger partial charge in [0.05, 0.1) is 11.8 Å². The van der Waals surface area contributed by atoms with Gasteiger partial charge in [-0.2, -0.15) is 0 Å². The number of ketones is 1. The second kappa shape index (κ2) is 6.45. The van der Waals surface area contributed by atoms with Crippen LogP contribution in [0.1, 0.15) is 35.7 Å². The third-order valence-electron chi connectivity index (χ3n) is 3.85. The van der Waals surface area contributed by atoms with E-state index >= 15 is 0 Å². The summed E-state index contributed by atoms with van der Waals surface area (Å²) in [5.41, 5.74) is -0.134. The van der Waals surface area contributed by atoms with Crippen LogP contribution in [-0.2, 0) is 0 Å². The largest absolute Gasteiger partial charge is 0.476 e. The molecule has 0 bridgehead atoms. The van der Waals surface area contributed by atoms with Crippen molar-refractivity contribution in [3.05, 3.63) is 47.7 Å². The lowest BCUT2D eigenvalue weighted by Crippen LogP contribution is -2.23. The van der Waals surface area contributed by atoms with E-state index in [0.717, 1.165) is 19.0 Å². The van der Waals surface area contributed by atoms with Gasteiger partial charge in [-0.05, 0) is 26.0 Å². The highest BCUT2D eigenvalue weighted by atomic mass is 19.1. The summed E-state index contributed by atoms with van der Waals surface area (Å²) in [6, 6.07) is 1.67. The number of hydrogen-bond acceptors (Lipinski definition) is 5. The Morgan fingerprint density at radius 1 is 1.48 bits per heavy atom. The molecule has 1 aliphatic heterocycles. The van der Waals surface area contributed by atoms with Crippen LogP contribution in [0.3, 0.4) is 0 Å². The number of aromatic nitrogens is 1. The van der Waals surface area contributed by atoms with Crippen molar-refractivity contribution in [3.8, 4) is 5.75 Å². The Balaban J connectivity index is 1.98. The summed E-state index contributed by atoms with van der Waals surface area (Å²) in [6.07, 6.45) is 3.02. The molecular formula is C16H16F2N2O3. The van der Waals surface area contributed by atoms with Crippen molar-refractivity contribution in [2.45, 2.75) is 19.4 Å². The number of ether oxygens (including phenoxy) is 1. The minimum Gasteiger partial charge on any atom is -0.476 e. The molecule has 1 N–H and O–H groups in total. The number of halogens is 2. The van der Waals surface area contributed by atoms with E-state index < -0.39 is 23.5 Å². The number of carbonyl (C=O) groups is 1. The van der Waals surface area contributed by atoms with Crippen LogP contribution in [0.2, 0.25) is 0 Å². The van der Waals surface area contributed by atoms with E-state index in [-0.39, 0.29) is 17.2 Å². The summed E-state index contributed by atoms with van der Waals surface area (Å²) in [7, 11) is 0. The van der Waals surface area contributed by atoms with Crippen molar-refractivity contribution in [3.63, 3.8) is 0 Å². The third-order valence-corrected chi connectivity index (χ3v) is 3.85. The van der Waals surface area contributed by atoms with Crippen LogP contribution >= 0.6 is 0 Å². The molecule has 3 rings (SSSR count). The van der Waals surface area contributed by atoms with Gasteiger partial charge in [0.2, 0.25) is 5.89 Å². The molecule has 1 aliphatic rings. The van der Waals surface area contributed by atoms with Gasteiger partial charge in [-0.1, -0.05) is 0 Å². The number of nitrogens with one attached hydrogen (secondary N) is 1. The van der Waals surface area contributed by atoms with Crippen LogP contribution in [-0.4, -0.2) is 23.9 Å². The molecule has 1 fully saturated rings. The number of hydrogen-bond donors (Lipinski definition) is 1. The van der Waals surface area contributed by atoms with Gasteiger partial charge in [-0.25, -0.2) is 13.8 Å². The molecule has 1 aromatic heterocycles. The van der Waals surface area contributed by atoms with Crippen LogP contribution in [0.5, 0.6) is 5.75 Å². The van der Waals surface area contributed by atoms with Gasteiger partial charge in [0.1, 0.15) is 12.1 Å². The normalized spacial score (nSPS) is 18.8. The minimum atomic E-state index is -0.919. The molecule has 0 radical (unpaired) electrons. The van der Waals surface area contributed by atoms with Crippen LogP contribution in [0, 0.1) is 17.6 Å². The first-order valence-electron chi connectivity index (χ1n) is 7.33. The molecular weight excluding hydrogens is 306 g/mol. The van der Waals surface area contributed by atoms with Gasteiger partial charge in [0.25, 0.3) is 0 Å². The maximum Gasteiger partial charge on any atom is 0.235 e. The molecule has 0 amide bonds. The van der Waals surface area contributed by atoms with E-state index in [1.165, 1.54) is 19.4 Å². The van der Waals surface area contributed by atoms with Crippen LogP contribution in [0.15, 0.2) is 29.0 Å². The van der Waals surface area contributed by atoms with E-state index in [0.29, 0.717) is 18.5 Å². The van der Waals surface area contributed by atoms with Crippen molar-refractivity contribution in [1.29, 1.82) is 0 Å².